The van der Waals surface area contributed by atoms with Gasteiger partial charge in [0.1, 0.15) is 11.8 Å². The number of nitrogens with two attached hydrogens (primary N) is 1. The largest absolute Gasteiger partial charge is 0.496 e. The SMILES string of the molecule is NNC(C1=CCCO1)c1cc(Cl)sc1Cl. The number of rotatable bonds is 3. The van der Waals surface area contributed by atoms with Crippen molar-refractivity contribution in [3.05, 3.63) is 32.1 Å². The summed E-state index contributed by atoms with van der Waals surface area (Å²) in [6.07, 6.45) is 2.91. The van der Waals surface area contributed by atoms with E-state index in [2.05, 4.69) is 5.43 Å². The van der Waals surface area contributed by atoms with E-state index in [0.717, 1.165) is 17.7 Å². The number of ether oxygens (including phenoxy) is 1. The third kappa shape index (κ3) is 2.29. The summed E-state index contributed by atoms with van der Waals surface area (Å²) in [5, 5.41) is 0. The predicted octanol–water partition coefficient (Wildman–Crippen LogP) is 2.86. The summed E-state index contributed by atoms with van der Waals surface area (Å²) in [5.41, 5.74) is 3.55. The minimum atomic E-state index is -0.205. The van der Waals surface area contributed by atoms with Crippen molar-refractivity contribution < 1.29 is 4.74 Å². The fourth-order valence-electron chi connectivity index (χ4n) is 1.51. The lowest BCUT2D eigenvalue weighted by Gasteiger charge is -2.16. The minimum Gasteiger partial charge on any atom is -0.496 e. The number of halogens is 2. The Morgan fingerprint density at radius 2 is 2.33 bits per heavy atom. The summed E-state index contributed by atoms with van der Waals surface area (Å²) in [4.78, 5) is 0. The highest BCUT2D eigenvalue weighted by Crippen LogP contribution is 2.38. The van der Waals surface area contributed by atoms with Crippen LogP contribution in [0.5, 0.6) is 0 Å². The van der Waals surface area contributed by atoms with Gasteiger partial charge in [-0.3, -0.25) is 5.84 Å². The zero-order valence-corrected chi connectivity index (χ0v) is 10.1. The maximum atomic E-state index is 6.05. The summed E-state index contributed by atoms with van der Waals surface area (Å²) in [7, 11) is 0. The first kappa shape index (κ1) is 11.2. The Kier molecular flexibility index (Phi) is 3.53. The zero-order chi connectivity index (χ0) is 10.8. The lowest BCUT2D eigenvalue weighted by molar-refractivity contribution is 0.216. The van der Waals surface area contributed by atoms with Crippen LogP contribution in [0.1, 0.15) is 18.0 Å². The van der Waals surface area contributed by atoms with Crippen molar-refractivity contribution in [1.82, 2.24) is 5.43 Å². The Morgan fingerprint density at radius 3 is 2.80 bits per heavy atom. The van der Waals surface area contributed by atoms with Crippen molar-refractivity contribution >= 4 is 34.5 Å². The fourth-order valence-corrected chi connectivity index (χ4v) is 3.05. The Morgan fingerprint density at radius 1 is 1.53 bits per heavy atom. The van der Waals surface area contributed by atoms with Crippen LogP contribution in [0.2, 0.25) is 8.67 Å². The molecule has 0 fully saturated rings. The van der Waals surface area contributed by atoms with Crippen LogP contribution in [-0.4, -0.2) is 6.61 Å². The second kappa shape index (κ2) is 4.72. The van der Waals surface area contributed by atoms with E-state index in [1.165, 1.54) is 11.3 Å². The molecule has 2 rings (SSSR count). The van der Waals surface area contributed by atoms with E-state index < -0.39 is 0 Å². The van der Waals surface area contributed by atoms with E-state index in [-0.39, 0.29) is 6.04 Å². The molecule has 0 saturated heterocycles. The van der Waals surface area contributed by atoms with Gasteiger partial charge >= 0.3 is 0 Å². The number of hydrazine groups is 1. The summed E-state index contributed by atoms with van der Waals surface area (Å²) in [6.45, 7) is 0.697. The molecule has 3 nitrogen and oxygen atoms in total. The van der Waals surface area contributed by atoms with Crippen molar-refractivity contribution in [2.24, 2.45) is 5.84 Å². The lowest BCUT2D eigenvalue weighted by atomic mass is 10.1. The first-order valence-corrected chi connectivity index (χ1v) is 6.03. The number of nitrogens with one attached hydrogen (secondary N) is 1. The van der Waals surface area contributed by atoms with Crippen LogP contribution >= 0.6 is 34.5 Å². The van der Waals surface area contributed by atoms with Gasteiger partial charge < -0.3 is 4.74 Å². The molecule has 1 atom stereocenters. The van der Waals surface area contributed by atoms with Crippen LogP contribution in [0.3, 0.4) is 0 Å². The highest BCUT2D eigenvalue weighted by atomic mass is 35.5. The molecule has 1 aromatic rings. The van der Waals surface area contributed by atoms with Crippen LogP contribution < -0.4 is 11.3 Å². The van der Waals surface area contributed by atoms with Gasteiger partial charge in [-0.15, -0.1) is 11.3 Å². The lowest BCUT2D eigenvalue weighted by Crippen LogP contribution is -2.29. The highest BCUT2D eigenvalue weighted by Gasteiger charge is 2.23. The second-order valence-electron chi connectivity index (χ2n) is 3.12. The van der Waals surface area contributed by atoms with E-state index in [4.69, 9.17) is 33.8 Å². The van der Waals surface area contributed by atoms with Crippen molar-refractivity contribution in [3.63, 3.8) is 0 Å². The normalized spacial score (nSPS) is 17.4. The molecular formula is C9H10Cl2N2OS. The van der Waals surface area contributed by atoms with Crippen molar-refractivity contribution in [2.45, 2.75) is 12.5 Å². The minimum absolute atomic E-state index is 0.205. The molecule has 3 N–H and O–H groups in total. The van der Waals surface area contributed by atoms with Crippen LogP contribution in [0, 0.1) is 0 Å². The monoisotopic (exact) mass is 264 g/mol. The van der Waals surface area contributed by atoms with Crippen molar-refractivity contribution in [3.8, 4) is 0 Å². The molecule has 1 aromatic heterocycles. The number of thiophene rings is 1. The van der Waals surface area contributed by atoms with Crippen LogP contribution in [0.4, 0.5) is 0 Å². The van der Waals surface area contributed by atoms with Crippen LogP contribution in [0.25, 0.3) is 0 Å². The molecule has 1 aliphatic heterocycles. The molecule has 1 unspecified atom stereocenters. The van der Waals surface area contributed by atoms with E-state index >= 15 is 0 Å². The second-order valence-corrected chi connectivity index (χ2v) is 5.41. The molecule has 6 heteroatoms. The summed E-state index contributed by atoms with van der Waals surface area (Å²) in [5.74, 6) is 6.31. The van der Waals surface area contributed by atoms with Gasteiger partial charge in [-0.25, -0.2) is 5.43 Å². The third-order valence-corrected chi connectivity index (χ3v) is 3.70. The van der Waals surface area contributed by atoms with Gasteiger partial charge in [-0.1, -0.05) is 23.2 Å². The van der Waals surface area contributed by atoms with Gasteiger partial charge in [-0.2, -0.15) is 0 Å². The molecule has 0 radical (unpaired) electrons. The van der Waals surface area contributed by atoms with Crippen molar-refractivity contribution in [1.29, 1.82) is 0 Å². The summed E-state index contributed by atoms with van der Waals surface area (Å²) in [6, 6.07) is 1.60. The first-order valence-electron chi connectivity index (χ1n) is 4.46. The maximum absolute atomic E-state index is 6.05. The van der Waals surface area contributed by atoms with Gasteiger partial charge in [0, 0.05) is 12.0 Å². The Balaban J connectivity index is 2.29. The molecular weight excluding hydrogens is 255 g/mol. The Hall–Kier alpha value is -0.260. The molecule has 0 spiro atoms. The quantitative estimate of drug-likeness (QED) is 0.652. The molecule has 0 aromatic carbocycles. The van der Waals surface area contributed by atoms with Gasteiger partial charge in [0.15, 0.2) is 0 Å². The van der Waals surface area contributed by atoms with E-state index in [1.807, 2.05) is 12.1 Å². The van der Waals surface area contributed by atoms with Crippen molar-refractivity contribution in [2.75, 3.05) is 6.61 Å². The van der Waals surface area contributed by atoms with Gasteiger partial charge in [-0.05, 0) is 12.1 Å². The van der Waals surface area contributed by atoms with E-state index in [1.54, 1.807) is 0 Å². The average Bonchev–Trinajstić information content (AvgIpc) is 2.79. The Bertz CT molecular complexity index is 391. The molecule has 0 amide bonds. The topological polar surface area (TPSA) is 47.3 Å². The molecule has 15 heavy (non-hydrogen) atoms. The molecule has 0 aliphatic carbocycles. The van der Waals surface area contributed by atoms with E-state index in [0.29, 0.717) is 15.3 Å². The standard InChI is InChI=1S/C9H10Cl2N2OS/c10-7-4-5(9(11)15-7)8(13-12)6-2-1-3-14-6/h2,4,8,13H,1,3,12H2. The zero-order valence-electron chi connectivity index (χ0n) is 7.80. The van der Waals surface area contributed by atoms with Crippen LogP contribution in [0.15, 0.2) is 17.9 Å². The van der Waals surface area contributed by atoms with Crippen LogP contribution in [-0.2, 0) is 4.74 Å². The number of hydrogen-bond donors (Lipinski definition) is 2. The van der Waals surface area contributed by atoms with Gasteiger partial charge in [0.05, 0.1) is 15.3 Å². The summed E-state index contributed by atoms with van der Waals surface area (Å²) >= 11 is 13.3. The molecule has 2 heterocycles. The van der Waals surface area contributed by atoms with Gasteiger partial charge in [0.2, 0.25) is 0 Å². The average molecular weight is 265 g/mol. The summed E-state index contributed by atoms with van der Waals surface area (Å²) < 4.78 is 6.73. The number of hydrogen-bond acceptors (Lipinski definition) is 4. The van der Waals surface area contributed by atoms with E-state index in [9.17, 15) is 0 Å². The third-order valence-electron chi connectivity index (χ3n) is 2.18. The molecule has 82 valence electrons. The predicted molar refractivity (Wildman–Crippen MR) is 63.1 cm³/mol. The highest BCUT2D eigenvalue weighted by molar-refractivity contribution is 7.20. The fraction of sp³-hybridized carbons (Fsp3) is 0.333. The molecule has 1 aliphatic rings. The Labute approximate surface area is 102 Å². The van der Waals surface area contributed by atoms with Gasteiger partial charge in [0.25, 0.3) is 0 Å². The molecule has 0 bridgehead atoms. The maximum Gasteiger partial charge on any atom is 0.115 e. The molecule has 0 saturated carbocycles. The smallest absolute Gasteiger partial charge is 0.115 e. The first-order chi connectivity index (χ1) is 7.22.